The van der Waals surface area contributed by atoms with Gasteiger partial charge in [0, 0.05) is 30.7 Å². The maximum Gasteiger partial charge on any atom is 0.119 e. The number of ether oxygens (including phenoxy) is 1. The Bertz CT molecular complexity index is 553. The van der Waals surface area contributed by atoms with E-state index < -0.39 is 0 Å². The molecule has 1 unspecified atom stereocenters. The topological polar surface area (TPSA) is 39.1 Å². The third-order valence-electron chi connectivity index (χ3n) is 3.83. The maximum absolute atomic E-state index is 5.83. The van der Waals surface area contributed by atoms with Gasteiger partial charge in [-0.2, -0.15) is 11.8 Å². The summed E-state index contributed by atoms with van der Waals surface area (Å²) < 4.78 is 7.85. The molecule has 1 aromatic carbocycles. The van der Waals surface area contributed by atoms with Crippen LogP contribution < -0.4 is 10.1 Å². The Balaban J connectivity index is 1.44. The predicted molar refractivity (Wildman–Crippen MR) is 91.4 cm³/mol. The summed E-state index contributed by atoms with van der Waals surface area (Å²) in [7, 11) is 0. The molecular weight excluding hydrogens is 294 g/mol. The molecule has 0 amide bonds. The maximum atomic E-state index is 5.83. The summed E-state index contributed by atoms with van der Waals surface area (Å²) >= 11 is 2.06. The van der Waals surface area contributed by atoms with Gasteiger partial charge in [-0.3, -0.25) is 0 Å². The summed E-state index contributed by atoms with van der Waals surface area (Å²) in [6.45, 7) is 2.40. The van der Waals surface area contributed by atoms with Gasteiger partial charge in [0.05, 0.1) is 12.9 Å². The Morgan fingerprint density at radius 2 is 2.41 bits per heavy atom. The Morgan fingerprint density at radius 3 is 3.23 bits per heavy atom. The number of imidazole rings is 1. The van der Waals surface area contributed by atoms with Crippen molar-refractivity contribution in [2.45, 2.75) is 32.0 Å². The first-order valence-electron chi connectivity index (χ1n) is 7.89. The molecule has 0 aliphatic carbocycles. The molecule has 2 aromatic rings. The minimum atomic E-state index is 0.657. The summed E-state index contributed by atoms with van der Waals surface area (Å²) in [6, 6.07) is 9.04. The molecule has 1 aliphatic rings. The first kappa shape index (κ1) is 15.4. The van der Waals surface area contributed by atoms with Crippen LogP contribution in [-0.4, -0.2) is 33.7 Å². The number of rotatable bonds is 7. The van der Waals surface area contributed by atoms with Crippen LogP contribution in [0.1, 0.15) is 18.4 Å². The third kappa shape index (κ3) is 4.78. The second-order valence-electron chi connectivity index (χ2n) is 5.59. The van der Waals surface area contributed by atoms with Crippen LogP contribution in [0.25, 0.3) is 0 Å². The second kappa shape index (κ2) is 8.25. The first-order chi connectivity index (χ1) is 10.9. The van der Waals surface area contributed by atoms with E-state index in [1.54, 1.807) is 6.20 Å². The monoisotopic (exact) mass is 317 g/mol. The Labute approximate surface area is 136 Å². The molecule has 1 aromatic heterocycles. The molecule has 0 radical (unpaired) electrons. The van der Waals surface area contributed by atoms with E-state index in [-0.39, 0.29) is 0 Å². The largest absolute Gasteiger partial charge is 0.492 e. The van der Waals surface area contributed by atoms with E-state index in [4.69, 9.17) is 4.74 Å². The van der Waals surface area contributed by atoms with Gasteiger partial charge < -0.3 is 14.6 Å². The van der Waals surface area contributed by atoms with Crippen LogP contribution >= 0.6 is 11.8 Å². The van der Waals surface area contributed by atoms with Crippen molar-refractivity contribution < 1.29 is 4.74 Å². The number of hydrogen-bond donors (Lipinski definition) is 1. The molecule has 1 fully saturated rings. The zero-order valence-electron chi connectivity index (χ0n) is 12.8. The average Bonchev–Trinajstić information content (AvgIpc) is 3.08. The van der Waals surface area contributed by atoms with Crippen molar-refractivity contribution in [2.24, 2.45) is 0 Å². The number of aromatic nitrogens is 2. The van der Waals surface area contributed by atoms with E-state index >= 15 is 0 Å². The molecule has 22 heavy (non-hydrogen) atoms. The zero-order chi connectivity index (χ0) is 15.0. The molecule has 1 N–H and O–H groups in total. The van der Waals surface area contributed by atoms with Crippen molar-refractivity contribution in [3.63, 3.8) is 0 Å². The van der Waals surface area contributed by atoms with Gasteiger partial charge in [0.2, 0.25) is 0 Å². The second-order valence-corrected chi connectivity index (χ2v) is 6.74. The predicted octanol–water partition coefficient (Wildman–Crippen LogP) is 2.95. The number of nitrogens with one attached hydrogen (secondary N) is 1. The summed E-state index contributed by atoms with van der Waals surface area (Å²) in [5, 5.41) is 3.65. The number of benzene rings is 1. The Hall–Kier alpha value is -1.46. The van der Waals surface area contributed by atoms with E-state index in [0.717, 1.165) is 18.8 Å². The van der Waals surface area contributed by atoms with Gasteiger partial charge in [0.15, 0.2) is 0 Å². The highest BCUT2D eigenvalue weighted by molar-refractivity contribution is 7.99. The van der Waals surface area contributed by atoms with Gasteiger partial charge in [-0.15, -0.1) is 0 Å². The fourth-order valence-electron chi connectivity index (χ4n) is 2.60. The minimum absolute atomic E-state index is 0.657. The van der Waals surface area contributed by atoms with Crippen LogP contribution in [0.2, 0.25) is 0 Å². The highest BCUT2D eigenvalue weighted by atomic mass is 32.2. The summed E-state index contributed by atoms with van der Waals surface area (Å²) in [5.41, 5.74) is 1.29. The van der Waals surface area contributed by atoms with Gasteiger partial charge in [0.1, 0.15) is 12.4 Å². The molecule has 3 rings (SSSR count). The Morgan fingerprint density at radius 1 is 1.41 bits per heavy atom. The molecule has 4 nitrogen and oxygen atoms in total. The van der Waals surface area contributed by atoms with Crippen LogP contribution in [0.5, 0.6) is 5.75 Å². The highest BCUT2D eigenvalue weighted by Gasteiger charge is 2.12. The van der Waals surface area contributed by atoms with Crippen LogP contribution in [0, 0.1) is 0 Å². The molecule has 1 atom stereocenters. The van der Waals surface area contributed by atoms with Crippen molar-refractivity contribution in [2.75, 3.05) is 18.1 Å². The average molecular weight is 317 g/mol. The van der Waals surface area contributed by atoms with E-state index in [1.165, 1.54) is 29.9 Å². The van der Waals surface area contributed by atoms with Gasteiger partial charge in [-0.05, 0) is 36.3 Å². The van der Waals surface area contributed by atoms with Crippen molar-refractivity contribution in [3.8, 4) is 5.75 Å². The van der Waals surface area contributed by atoms with Crippen molar-refractivity contribution in [3.05, 3.63) is 48.5 Å². The normalized spacial score (nSPS) is 18.3. The molecule has 0 bridgehead atoms. The van der Waals surface area contributed by atoms with E-state index in [2.05, 4.69) is 40.3 Å². The first-order valence-corrected chi connectivity index (χ1v) is 9.04. The zero-order valence-corrected chi connectivity index (χ0v) is 13.6. The molecule has 0 saturated carbocycles. The molecule has 118 valence electrons. The molecule has 1 aliphatic heterocycles. The molecule has 5 heteroatoms. The standard InChI is InChI=1S/C17H23N3OS/c1-3-15(12-19-16-4-2-10-22-13-16)11-17(5-1)21-9-8-20-7-6-18-14-20/h1,3,5-7,11,14,16,19H,2,4,8-10,12-13H2. The number of thioether (sulfide) groups is 1. The van der Waals surface area contributed by atoms with Gasteiger partial charge in [-0.25, -0.2) is 4.98 Å². The third-order valence-corrected chi connectivity index (χ3v) is 5.05. The lowest BCUT2D eigenvalue weighted by Gasteiger charge is -2.22. The lowest BCUT2D eigenvalue weighted by Crippen LogP contribution is -2.33. The smallest absolute Gasteiger partial charge is 0.119 e. The van der Waals surface area contributed by atoms with Crippen molar-refractivity contribution in [1.82, 2.24) is 14.9 Å². The quantitative estimate of drug-likeness (QED) is 0.852. The van der Waals surface area contributed by atoms with Crippen molar-refractivity contribution >= 4 is 11.8 Å². The molecule has 2 heterocycles. The van der Waals surface area contributed by atoms with Crippen LogP contribution in [0.3, 0.4) is 0 Å². The van der Waals surface area contributed by atoms with Gasteiger partial charge in [-0.1, -0.05) is 12.1 Å². The molecule has 0 spiro atoms. The number of nitrogens with zero attached hydrogens (tertiary/aromatic N) is 2. The van der Waals surface area contributed by atoms with Crippen LogP contribution in [0.4, 0.5) is 0 Å². The molecular formula is C17H23N3OS. The van der Waals surface area contributed by atoms with Crippen LogP contribution in [0.15, 0.2) is 43.0 Å². The van der Waals surface area contributed by atoms with E-state index in [1.807, 2.05) is 23.2 Å². The van der Waals surface area contributed by atoms with Gasteiger partial charge in [0.25, 0.3) is 0 Å². The van der Waals surface area contributed by atoms with Gasteiger partial charge >= 0.3 is 0 Å². The van der Waals surface area contributed by atoms with E-state index in [9.17, 15) is 0 Å². The summed E-state index contributed by atoms with van der Waals surface area (Å²) in [6.07, 6.45) is 8.18. The minimum Gasteiger partial charge on any atom is -0.492 e. The van der Waals surface area contributed by atoms with Crippen molar-refractivity contribution in [1.29, 1.82) is 0 Å². The lowest BCUT2D eigenvalue weighted by molar-refractivity contribution is 0.298. The SMILES string of the molecule is c1cc(CNC2CCCSC2)cc(OCCn2ccnc2)c1. The fourth-order valence-corrected chi connectivity index (χ4v) is 3.70. The molecule has 1 saturated heterocycles. The summed E-state index contributed by atoms with van der Waals surface area (Å²) in [5.74, 6) is 3.50. The highest BCUT2D eigenvalue weighted by Crippen LogP contribution is 2.18. The lowest BCUT2D eigenvalue weighted by atomic mass is 10.1. The van der Waals surface area contributed by atoms with Crippen LogP contribution in [-0.2, 0) is 13.1 Å². The fraction of sp³-hybridized carbons (Fsp3) is 0.471. The van der Waals surface area contributed by atoms with E-state index in [0.29, 0.717) is 12.6 Å². The Kier molecular flexibility index (Phi) is 5.79. The number of hydrogen-bond acceptors (Lipinski definition) is 4. The summed E-state index contributed by atoms with van der Waals surface area (Å²) in [4.78, 5) is 4.03.